The van der Waals surface area contributed by atoms with Crippen molar-refractivity contribution >= 4 is 44.4 Å². The number of benzene rings is 7. The van der Waals surface area contributed by atoms with Crippen LogP contribution in [0.4, 0.5) is 0 Å². The smallest absolute Gasteiger partial charge is 0.240 e. The van der Waals surface area contributed by atoms with Crippen molar-refractivity contribution in [2.75, 3.05) is 0 Å². The minimum absolute atomic E-state index is 0.496. The largest absolute Gasteiger partial charge is 0.278 e. The number of para-hydroxylation sites is 2. The molecule has 5 heteroatoms. The van der Waals surface area contributed by atoms with Crippen LogP contribution in [0.25, 0.3) is 89.9 Å². The molecule has 3 heterocycles. The topological polar surface area (TPSA) is 48.5 Å². The fraction of sp³-hybridized carbons (Fsp3) is 0.0536. The van der Waals surface area contributed by atoms with Gasteiger partial charge in [0, 0.05) is 27.4 Å². The molecule has 12 rings (SSSR count). The Morgan fingerprint density at radius 3 is 1.75 bits per heavy atom. The highest BCUT2D eigenvalue weighted by atomic mass is 15.3. The molecule has 0 saturated heterocycles. The molecule has 0 fully saturated rings. The van der Waals surface area contributed by atoms with Crippen LogP contribution in [0.3, 0.4) is 0 Å². The van der Waals surface area contributed by atoms with Gasteiger partial charge in [0.2, 0.25) is 11.9 Å². The third-order valence-corrected chi connectivity index (χ3v) is 13.0. The van der Waals surface area contributed by atoms with Crippen molar-refractivity contribution < 1.29 is 0 Å². The second-order valence-corrected chi connectivity index (χ2v) is 16.0. The summed E-state index contributed by atoms with van der Waals surface area (Å²) in [6, 6.07) is 60.7. The summed E-state index contributed by atoms with van der Waals surface area (Å²) in [7, 11) is 0. The molecule has 1 spiro atoms. The van der Waals surface area contributed by atoms with E-state index in [4.69, 9.17) is 15.0 Å². The summed E-state index contributed by atoms with van der Waals surface area (Å²) in [5.41, 5.74) is 16.9. The van der Waals surface area contributed by atoms with E-state index in [2.05, 4.69) is 206 Å². The van der Waals surface area contributed by atoms with Crippen LogP contribution in [0, 0.1) is 0 Å². The Hall–Kier alpha value is -7.89. The van der Waals surface area contributed by atoms with Crippen LogP contribution in [0.15, 0.2) is 194 Å². The van der Waals surface area contributed by atoms with Gasteiger partial charge in [-0.15, -0.1) is 0 Å². The Labute approximate surface area is 354 Å². The van der Waals surface area contributed by atoms with Gasteiger partial charge in [-0.3, -0.25) is 9.13 Å². The summed E-state index contributed by atoms with van der Waals surface area (Å²) in [5, 5.41) is 3.46. The SMILES string of the molecule is C=CC1=C(C)C2(c3ccccc31)c1ccccc1-c1ccc3c(cc(C=CC)n3-c3nc(-c4ccc(-c5ccccc5)cc4)nc(-n4c5ccccc5c5ccccc54)n3)c12. The van der Waals surface area contributed by atoms with E-state index in [1.165, 1.54) is 44.5 Å². The van der Waals surface area contributed by atoms with E-state index in [-0.39, 0.29) is 0 Å². The molecule has 0 amide bonds. The molecular weight excluding hydrogens is 743 g/mol. The molecule has 2 aliphatic carbocycles. The highest BCUT2D eigenvalue weighted by Crippen LogP contribution is 2.63. The van der Waals surface area contributed by atoms with E-state index in [1.54, 1.807) is 0 Å². The number of allylic oxidation sites excluding steroid dienone is 4. The van der Waals surface area contributed by atoms with Crippen LogP contribution in [-0.2, 0) is 5.41 Å². The molecule has 0 aliphatic heterocycles. The summed E-state index contributed by atoms with van der Waals surface area (Å²) >= 11 is 0. The van der Waals surface area contributed by atoms with Gasteiger partial charge in [0.25, 0.3) is 0 Å². The molecule has 1 unspecified atom stereocenters. The lowest BCUT2D eigenvalue weighted by atomic mass is 9.69. The first kappa shape index (κ1) is 35.1. The van der Waals surface area contributed by atoms with Gasteiger partial charge >= 0.3 is 0 Å². The number of hydrogen-bond acceptors (Lipinski definition) is 3. The Kier molecular flexibility index (Phi) is 7.66. The Bertz CT molecular complexity index is 3460. The van der Waals surface area contributed by atoms with E-state index in [0.717, 1.165) is 55.1 Å². The molecule has 288 valence electrons. The maximum Gasteiger partial charge on any atom is 0.240 e. The molecule has 61 heavy (non-hydrogen) atoms. The number of hydrogen-bond donors (Lipinski definition) is 0. The average Bonchev–Trinajstić information content (AvgIpc) is 4.02. The van der Waals surface area contributed by atoms with Crippen LogP contribution in [0.1, 0.15) is 41.8 Å². The molecule has 0 saturated carbocycles. The molecule has 5 nitrogen and oxygen atoms in total. The fourth-order valence-electron chi connectivity index (χ4n) is 10.5. The molecule has 7 aromatic carbocycles. The Balaban J connectivity index is 1.16. The molecule has 0 radical (unpaired) electrons. The van der Waals surface area contributed by atoms with Gasteiger partial charge in [0.1, 0.15) is 0 Å². The van der Waals surface area contributed by atoms with E-state index < -0.39 is 5.41 Å². The van der Waals surface area contributed by atoms with E-state index in [9.17, 15) is 0 Å². The van der Waals surface area contributed by atoms with Gasteiger partial charge in [-0.25, -0.2) is 0 Å². The van der Waals surface area contributed by atoms with Gasteiger partial charge in [-0.1, -0.05) is 164 Å². The monoisotopic (exact) mass is 781 g/mol. The van der Waals surface area contributed by atoms with Gasteiger partial charge in [-0.2, -0.15) is 15.0 Å². The lowest BCUT2D eigenvalue weighted by Gasteiger charge is -2.31. The standard InChI is InChI=1S/C56H39N5/c1-4-17-39-34-46-51(33-32-45-42-21-10-14-25-48(42)56(52(45)46)35(3)40(5-2)41-20-9-13-24-47(41)56)60(39)54-57-53(38-30-28-37(29-31-38)36-18-7-6-8-19-36)58-55(59-54)61-49-26-15-11-22-43(49)44-23-12-16-27-50(44)61/h4-34H,2H2,1,3H3. The normalized spacial score (nSPS) is 15.4. The predicted octanol–water partition coefficient (Wildman–Crippen LogP) is 13.6. The van der Waals surface area contributed by atoms with Gasteiger partial charge in [0.15, 0.2) is 5.82 Å². The third-order valence-electron chi connectivity index (χ3n) is 13.0. The molecular formula is C56H39N5. The van der Waals surface area contributed by atoms with E-state index in [0.29, 0.717) is 17.7 Å². The highest BCUT2D eigenvalue weighted by Gasteiger charge is 2.52. The number of fused-ring (bicyclic) bond motifs is 12. The molecule has 0 bridgehead atoms. The lowest BCUT2D eigenvalue weighted by molar-refractivity contribution is 0.773. The van der Waals surface area contributed by atoms with Crippen molar-refractivity contribution in [1.82, 2.24) is 24.1 Å². The minimum Gasteiger partial charge on any atom is -0.278 e. The average molecular weight is 782 g/mol. The molecule has 10 aromatic rings. The number of nitrogens with zero attached hydrogens (tertiary/aromatic N) is 5. The van der Waals surface area contributed by atoms with Gasteiger partial charge < -0.3 is 0 Å². The predicted molar refractivity (Wildman–Crippen MR) is 251 cm³/mol. The van der Waals surface area contributed by atoms with Gasteiger partial charge in [0.05, 0.1) is 22.0 Å². The van der Waals surface area contributed by atoms with Crippen LogP contribution in [0.2, 0.25) is 0 Å². The zero-order chi connectivity index (χ0) is 40.8. The van der Waals surface area contributed by atoms with Gasteiger partial charge in [-0.05, 0) is 99.8 Å². The Morgan fingerprint density at radius 2 is 1.07 bits per heavy atom. The highest BCUT2D eigenvalue weighted by molar-refractivity contribution is 6.09. The zero-order valence-electron chi connectivity index (χ0n) is 33.8. The molecule has 2 aliphatic rings. The summed E-state index contributed by atoms with van der Waals surface area (Å²) in [5.74, 6) is 1.70. The first-order chi connectivity index (χ1) is 30.1. The number of aromatic nitrogens is 5. The van der Waals surface area contributed by atoms with Crippen molar-refractivity contribution in [1.29, 1.82) is 0 Å². The summed E-state index contributed by atoms with van der Waals surface area (Å²) in [6.45, 7) is 8.69. The minimum atomic E-state index is -0.496. The second-order valence-electron chi connectivity index (χ2n) is 16.0. The van der Waals surface area contributed by atoms with Crippen LogP contribution in [0.5, 0.6) is 0 Å². The van der Waals surface area contributed by atoms with E-state index in [1.807, 2.05) is 12.1 Å². The van der Waals surface area contributed by atoms with Crippen molar-refractivity contribution in [2.45, 2.75) is 19.3 Å². The third kappa shape index (κ3) is 4.86. The van der Waals surface area contributed by atoms with Crippen LogP contribution in [-0.4, -0.2) is 24.1 Å². The first-order valence-electron chi connectivity index (χ1n) is 20.9. The lowest BCUT2D eigenvalue weighted by Crippen LogP contribution is -2.26. The van der Waals surface area contributed by atoms with Crippen molar-refractivity contribution in [3.8, 4) is 45.5 Å². The summed E-state index contributed by atoms with van der Waals surface area (Å²) < 4.78 is 4.41. The maximum absolute atomic E-state index is 5.45. The van der Waals surface area contributed by atoms with Crippen molar-refractivity contribution in [3.63, 3.8) is 0 Å². The fourth-order valence-corrected chi connectivity index (χ4v) is 10.5. The molecule has 3 aromatic heterocycles. The quantitative estimate of drug-likeness (QED) is 0.169. The second kappa shape index (κ2) is 13.3. The zero-order valence-corrected chi connectivity index (χ0v) is 33.8. The van der Waals surface area contributed by atoms with E-state index >= 15 is 0 Å². The number of rotatable bonds is 6. The molecule has 1 atom stereocenters. The molecule has 0 N–H and O–H groups in total. The maximum atomic E-state index is 5.45. The van der Waals surface area contributed by atoms with Crippen LogP contribution < -0.4 is 0 Å². The summed E-state index contributed by atoms with van der Waals surface area (Å²) in [6.07, 6.45) is 6.30. The first-order valence-corrected chi connectivity index (χ1v) is 20.9. The van der Waals surface area contributed by atoms with Crippen LogP contribution >= 0.6 is 0 Å². The summed E-state index contributed by atoms with van der Waals surface area (Å²) in [4.78, 5) is 16.1. The Morgan fingerprint density at radius 1 is 0.508 bits per heavy atom. The van der Waals surface area contributed by atoms with Crippen molar-refractivity contribution in [3.05, 3.63) is 222 Å². The van der Waals surface area contributed by atoms with Crippen molar-refractivity contribution in [2.24, 2.45) is 0 Å².